The van der Waals surface area contributed by atoms with Crippen LogP contribution in [0.15, 0.2) is 42.5 Å². The van der Waals surface area contributed by atoms with E-state index in [2.05, 4.69) is 36.5 Å². The largest absolute Gasteiger partial charge is 0.322 e. The van der Waals surface area contributed by atoms with Gasteiger partial charge in [-0.3, -0.25) is 0 Å². The van der Waals surface area contributed by atoms with Gasteiger partial charge >= 0.3 is 6.03 Å². The van der Waals surface area contributed by atoms with Gasteiger partial charge < -0.3 is 10.2 Å². The zero-order valence-electron chi connectivity index (χ0n) is 13.5. The molecule has 3 nitrogen and oxygen atoms in total. The Morgan fingerprint density at radius 3 is 2.83 bits per heavy atom. The summed E-state index contributed by atoms with van der Waals surface area (Å²) in [5, 5.41) is 3.64. The van der Waals surface area contributed by atoms with E-state index in [1.165, 1.54) is 11.1 Å². The molecule has 0 unspecified atom stereocenters. The molecule has 1 N–H and O–H groups in total. The average Bonchev–Trinajstić information content (AvgIpc) is 3.00. The average molecular weight is 329 g/mol. The molecule has 0 aromatic heterocycles. The van der Waals surface area contributed by atoms with Gasteiger partial charge in [0.2, 0.25) is 0 Å². The van der Waals surface area contributed by atoms with Crippen molar-refractivity contribution in [3.8, 4) is 0 Å². The number of rotatable bonds is 2. The fraction of sp³-hybridized carbons (Fsp3) is 0.316. The van der Waals surface area contributed by atoms with E-state index in [9.17, 15) is 4.79 Å². The molecule has 2 aromatic carbocycles. The van der Waals surface area contributed by atoms with Gasteiger partial charge in [-0.25, -0.2) is 4.79 Å². The summed E-state index contributed by atoms with van der Waals surface area (Å²) in [7, 11) is 0. The smallest absolute Gasteiger partial charge is 0.317 e. The molecule has 0 aliphatic carbocycles. The lowest BCUT2D eigenvalue weighted by Crippen LogP contribution is -2.34. The van der Waals surface area contributed by atoms with Crippen LogP contribution in [0.5, 0.6) is 0 Å². The van der Waals surface area contributed by atoms with Crippen LogP contribution in [0.25, 0.3) is 0 Å². The molecule has 1 aliphatic heterocycles. The highest BCUT2D eigenvalue weighted by molar-refractivity contribution is 6.31. The molecule has 4 heteroatoms. The first-order valence-electron chi connectivity index (χ1n) is 7.95. The normalized spacial score (nSPS) is 17.3. The number of hydrogen-bond donors (Lipinski definition) is 1. The van der Waals surface area contributed by atoms with E-state index >= 15 is 0 Å². The molecule has 120 valence electrons. The van der Waals surface area contributed by atoms with Crippen molar-refractivity contribution in [1.82, 2.24) is 4.90 Å². The van der Waals surface area contributed by atoms with Crippen LogP contribution >= 0.6 is 11.6 Å². The molecule has 3 rings (SSSR count). The summed E-state index contributed by atoms with van der Waals surface area (Å²) in [6.45, 7) is 4.83. The first kappa shape index (κ1) is 15.9. The van der Waals surface area contributed by atoms with E-state index < -0.39 is 0 Å². The molecule has 2 aromatic rings. The summed E-state index contributed by atoms with van der Waals surface area (Å²) in [6.07, 6.45) is 2.03. The highest BCUT2D eigenvalue weighted by Gasteiger charge is 2.30. The molecule has 1 heterocycles. The second-order valence-electron chi connectivity index (χ2n) is 6.15. The van der Waals surface area contributed by atoms with Crippen LogP contribution < -0.4 is 5.32 Å². The van der Waals surface area contributed by atoms with Crippen LogP contribution in [0.4, 0.5) is 10.5 Å². The molecule has 23 heavy (non-hydrogen) atoms. The Balaban J connectivity index is 1.79. The Bertz CT molecular complexity index is 729. The number of urea groups is 1. The van der Waals surface area contributed by atoms with Gasteiger partial charge in [-0.05, 0) is 49.9 Å². The number of carbonyl (C=O) groups is 1. The number of aryl methyl sites for hydroxylation is 2. The highest BCUT2D eigenvalue weighted by atomic mass is 35.5. The van der Waals surface area contributed by atoms with Crippen molar-refractivity contribution in [2.24, 2.45) is 0 Å². The van der Waals surface area contributed by atoms with Crippen molar-refractivity contribution >= 4 is 23.3 Å². The molecule has 1 atom stereocenters. The fourth-order valence-corrected chi connectivity index (χ4v) is 3.32. The summed E-state index contributed by atoms with van der Waals surface area (Å²) in [5.41, 5.74) is 4.22. The molecule has 0 bridgehead atoms. The molecule has 1 saturated heterocycles. The number of amides is 2. The molecular weight excluding hydrogens is 308 g/mol. The van der Waals surface area contributed by atoms with Gasteiger partial charge in [-0.2, -0.15) is 0 Å². The number of nitrogens with one attached hydrogen (secondary N) is 1. The van der Waals surface area contributed by atoms with Crippen molar-refractivity contribution in [2.45, 2.75) is 32.7 Å². The third-order valence-electron chi connectivity index (χ3n) is 4.38. The van der Waals surface area contributed by atoms with Gasteiger partial charge in [0.25, 0.3) is 0 Å². The van der Waals surface area contributed by atoms with Gasteiger partial charge in [-0.15, -0.1) is 0 Å². The van der Waals surface area contributed by atoms with Crippen molar-refractivity contribution in [1.29, 1.82) is 0 Å². The first-order valence-corrected chi connectivity index (χ1v) is 8.33. The van der Waals surface area contributed by atoms with Crippen LogP contribution in [0.1, 0.15) is 35.6 Å². The summed E-state index contributed by atoms with van der Waals surface area (Å²) in [6, 6.07) is 14.0. The third-order valence-corrected chi connectivity index (χ3v) is 4.62. The monoisotopic (exact) mass is 328 g/mol. The highest BCUT2D eigenvalue weighted by Crippen LogP contribution is 2.33. The topological polar surface area (TPSA) is 32.3 Å². The number of likely N-dealkylation sites (tertiary alicyclic amines) is 1. The van der Waals surface area contributed by atoms with E-state index in [-0.39, 0.29) is 12.1 Å². The number of carbonyl (C=O) groups excluding carboxylic acids is 1. The maximum absolute atomic E-state index is 12.7. The number of anilines is 1. The lowest BCUT2D eigenvalue weighted by molar-refractivity contribution is 0.207. The third kappa shape index (κ3) is 3.50. The minimum atomic E-state index is -0.0561. The standard InChI is InChI=1S/C19H21ClN2O/c1-13-5-3-6-15(11-13)18-7-4-10-22(18)19(23)21-17-12-16(20)9-8-14(17)2/h3,5-6,8-9,11-12,18H,4,7,10H2,1-2H3,(H,21,23)/t18-/m0/s1. The van der Waals surface area contributed by atoms with Gasteiger partial charge in [-0.1, -0.05) is 47.5 Å². The summed E-state index contributed by atoms with van der Waals surface area (Å²) < 4.78 is 0. The zero-order chi connectivity index (χ0) is 16.4. The van der Waals surface area contributed by atoms with Crippen molar-refractivity contribution in [2.75, 3.05) is 11.9 Å². The Morgan fingerprint density at radius 1 is 1.22 bits per heavy atom. The lowest BCUT2D eigenvalue weighted by Gasteiger charge is -2.26. The number of halogens is 1. The molecule has 0 spiro atoms. The lowest BCUT2D eigenvalue weighted by atomic mass is 10.0. The van der Waals surface area contributed by atoms with E-state index in [0.29, 0.717) is 5.02 Å². The first-order chi connectivity index (χ1) is 11.0. The Hall–Kier alpha value is -2.00. The van der Waals surface area contributed by atoms with Crippen LogP contribution in [0, 0.1) is 13.8 Å². The SMILES string of the molecule is Cc1cccc([C@@H]2CCCN2C(=O)Nc2cc(Cl)ccc2C)c1. The maximum Gasteiger partial charge on any atom is 0.322 e. The molecule has 2 amide bonds. The van der Waals surface area contributed by atoms with Gasteiger partial charge in [0, 0.05) is 17.3 Å². The van der Waals surface area contributed by atoms with E-state index in [1.54, 1.807) is 6.07 Å². The minimum absolute atomic E-state index is 0.0561. The summed E-state index contributed by atoms with van der Waals surface area (Å²) in [5.74, 6) is 0. The number of nitrogens with zero attached hydrogens (tertiary/aromatic N) is 1. The van der Waals surface area contributed by atoms with E-state index in [1.807, 2.05) is 24.0 Å². The van der Waals surface area contributed by atoms with E-state index in [0.717, 1.165) is 30.6 Å². The molecule has 0 saturated carbocycles. The molecular formula is C19H21ClN2O. The predicted molar refractivity (Wildman–Crippen MR) is 95.1 cm³/mol. The van der Waals surface area contributed by atoms with Gasteiger partial charge in [0.1, 0.15) is 0 Å². The maximum atomic E-state index is 12.7. The Morgan fingerprint density at radius 2 is 2.04 bits per heavy atom. The second-order valence-corrected chi connectivity index (χ2v) is 6.59. The Kier molecular flexibility index (Phi) is 4.58. The molecule has 1 fully saturated rings. The molecule has 0 radical (unpaired) electrons. The van der Waals surface area contributed by atoms with Crippen LogP contribution in [-0.4, -0.2) is 17.5 Å². The molecule has 1 aliphatic rings. The minimum Gasteiger partial charge on any atom is -0.317 e. The van der Waals surface area contributed by atoms with Crippen molar-refractivity contribution in [3.63, 3.8) is 0 Å². The van der Waals surface area contributed by atoms with Gasteiger partial charge in [0.15, 0.2) is 0 Å². The van der Waals surface area contributed by atoms with E-state index in [4.69, 9.17) is 11.6 Å². The van der Waals surface area contributed by atoms with Crippen molar-refractivity contribution in [3.05, 3.63) is 64.2 Å². The van der Waals surface area contributed by atoms with Crippen LogP contribution in [0.3, 0.4) is 0 Å². The quantitative estimate of drug-likeness (QED) is 0.794. The van der Waals surface area contributed by atoms with Crippen LogP contribution in [0.2, 0.25) is 5.02 Å². The van der Waals surface area contributed by atoms with Crippen molar-refractivity contribution < 1.29 is 4.79 Å². The number of hydrogen-bond acceptors (Lipinski definition) is 1. The summed E-state index contributed by atoms with van der Waals surface area (Å²) in [4.78, 5) is 14.6. The summed E-state index contributed by atoms with van der Waals surface area (Å²) >= 11 is 6.04. The second kappa shape index (κ2) is 6.63. The van der Waals surface area contributed by atoms with Gasteiger partial charge in [0.05, 0.1) is 6.04 Å². The van der Waals surface area contributed by atoms with Crippen LogP contribution in [-0.2, 0) is 0 Å². The predicted octanol–water partition coefficient (Wildman–Crippen LogP) is 5.33. The Labute approximate surface area is 142 Å². The fourth-order valence-electron chi connectivity index (χ4n) is 3.15. The number of benzene rings is 2. The zero-order valence-corrected chi connectivity index (χ0v) is 14.2.